The Morgan fingerprint density at radius 3 is 2.51 bits per heavy atom. The smallest absolute Gasteiger partial charge is 0.421 e. The van der Waals surface area contributed by atoms with Crippen LogP contribution in [0.5, 0.6) is 5.88 Å². The van der Waals surface area contributed by atoms with E-state index in [1.54, 1.807) is 29.3 Å². The predicted octanol–water partition coefficient (Wildman–Crippen LogP) is 6.45. The van der Waals surface area contributed by atoms with Crippen molar-refractivity contribution in [2.24, 2.45) is 5.16 Å². The molecule has 0 N–H and O–H groups in total. The van der Waals surface area contributed by atoms with Gasteiger partial charge in [-0.05, 0) is 60.7 Å². The summed E-state index contributed by atoms with van der Waals surface area (Å²) >= 11 is 12.6. The number of pyridine rings is 2. The number of halogens is 5. The molecular weight excluding hydrogens is 556 g/mol. The molecule has 3 aromatic rings. The fraction of sp³-hybridized carbons (Fsp3) is 0.333. The van der Waals surface area contributed by atoms with Crippen molar-refractivity contribution in [2.75, 3.05) is 19.7 Å². The molecule has 1 fully saturated rings. The van der Waals surface area contributed by atoms with Gasteiger partial charge in [-0.1, -0.05) is 34.4 Å². The highest BCUT2D eigenvalue weighted by molar-refractivity contribution is 6.36. The first-order valence-electron chi connectivity index (χ1n) is 12.3. The Morgan fingerprint density at radius 2 is 1.79 bits per heavy atom. The van der Waals surface area contributed by atoms with E-state index in [-0.39, 0.29) is 11.8 Å². The summed E-state index contributed by atoms with van der Waals surface area (Å²) in [5.41, 5.74) is 2.13. The van der Waals surface area contributed by atoms with Gasteiger partial charge in [0.1, 0.15) is 11.3 Å². The summed E-state index contributed by atoms with van der Waals surface area (Å²) in [6.07, 6.45) is -0.257. The third-order valence-corrected chi connectivity index (χ3v) is 7.46. The van der Waals surface area contributed by atoms with Gasteiger partial charge in [0.15, 0.2) is 12.7 Å². The largest absolute Gasteiger partial charge is 0.467 e. The number of alkyl halides is 3. The minimum absolute atomic E-state index is 0.182. The second-order valence-corrected chi connectivity index (χ2v) is 10.1. The number of piperidine rings is 1. The van der Waals surface area contributed by atoms with Gasteiger partial charge in [0, 0.05) is 47.5 Å². The minimum atomic E-state index is -4.62. The van der Waals surface area contributed by atoms with Crippen molar-refractivity contribution >= 4 is 34.8 Å². The number of amides is 1. The van der Waals surface area contributed by atoms with Crippen molar-refractivity contribution in [3.63, 3.8) is 0 Å². The van der Waals surface area contributed by atoms with Gasteiger partial charge in [-0.2, -0.15) is 13.2 Å². The molecule has 0 spiro atoms. The molecular formula is C27H23Cl2F3N4O3. The Balaban J connectivity index is 1.17. The van der Waals surface area contributed by atoms with Crippen LogP contribution < -0.4 is 4.74 Å². The molecule has 0 bridgehead atoms. The first kappa shape index (κ1) is 27.2. The Morgan fingerprint density at radius 1 is 1.05 bits per heavy atom. The van der Waals surface area contributed by atoms with Crippen molar-refractivity contribution in [1.29, 1.82) is 0 Å². The minimum Gasteiger partial charge on any atom is -0.467 e. The number of hydrogen-bond acceptors (Lipinski definition) is 6. The average molecular weight is 579 g/mol. The van der Waals surface area contributed by atoms with Crippen LogP contribution in [0.15, 0.2) is 60.0 Å². The van der Waals surface area contributed by atoms with Crippen LogP contribution in [0.4, 0.5) is 13.2 Å². The van der Waals surface area contributed by atoms with Crippen molar-refractivity contribution in [2.45, 2.75) is 37.5 Å². The zero-order valence-electron chi connectivity index (χ0n) is 20.5. The number of rotatable bonds is 6. The highest BCUT2D eigenvalue weighted by Crippen LogP contribution is 2.38. The van der Waals surface area contributed by atoms with E-state index in [2.05, 4.69) is 15.1 Å². The number of nitrogens with zero attached hydrogens (tertiary/aromatic N) is 4. The summed E-state index contributed by atoms with van der Waals surface area (Å²) in [4.78, 5) is 28.0. The third-order valence-electron chi connectivity index (χ3n) is 6.80. The molecule has 7 nitrogen and oxygen atoms in total. The fourth-order valence-corrected chi connectivity index (χ4v) is 5.41. The Hall–Kier alpha value is -3.37. The lowest BCUT2D eigenvalue weighted by atomic mass is 9.89. The molecule has 0 saturated carbocycles. The molecule has 2 aliphatic heterocycles. The normalized spacial score (nSPS) is 18.0. The molecule has 5 rings (SSSR count). The number of likely N-dealkylation sites (tertiary alicyclic amines) is 1. The van der Waals surface area contributed by atoms with Crippen molar-refractivity contribution in [3.05, 3.63) is 87.3 Å². The molecule has 12 heteroatoms. The number of hydrogen-bond donors (Lipinski definition) is 0. The number of ether oxygens (including phenoxy) is 1. The van der Waals surface area contributed by atoms with Crippen molar-refractivity contribution in [1.82, 2.24) is 14.9 Å². The van der Waals surface area contributed by atoms with Gasteiger partial charge in [0.05, 0.1) is 5.69 Å². The lowest BCUT2D eigenvalue weighted by Crippen LogP contribution is -2.40. The summed E-state index contributed by atoms with van der Waals surface area (Å²) in [7, 11) is 0. The molecule has 4 heterocycles. The predicted molar refractivity (Wildman–Crippen MR) is 139 cm³/mol. The molecule has 0 aliphatic carbocycles. The first-order chi connectivity index (χ1) is 18.7. The fourth-order valence-electron chi connectivity index (χ4n) is 4.77. The molecule has 1 aromatic carbocycles. The summed E-state index contributed by atoms with van der Waals surface area (Å²) in [5.74, 6) is -0.805. The van der Waals surface area contributed by atoms with Crippen LogP contribution in [0.25, 0.3) is 0 Å². The van der Waals surface area contributed by atoms with Crippen LogP contribution in [-0.2, 0) is 15.8 Å². The number of carbonyl (C=O) groups is 1. The highest BCUT2D eigenvalue weighted by Gasteiger charge is 2.35. The van der Waals surface area contributed by atoms with Gasteiger partial charge in [-0.25, -0.2) is 4.98 Å². The van der Waals surface area contributed by atoms with E-state index in [0.717, 1.165) is 11.6 Å². The van der Waals surface area contributed by atoms with Gasteiger partial charge >= 0.3 is 6.18 Å². The van der Waals surface area contributed by atoms with Crippen LogP contribution in [0.3, 0.4) is 0 Å². The van der Waals surface area contributed by atoms with E-state index in [9.17, 15) is 18.0 Å². The van der Waals surface area contributed by atoms with E-state index in [1.807, 2.05) is 12.1 Å². The Kier molecular flexibility index (Phi) is 7.95. The standard InChI is InChI=1S/C27H23Cl2F3N4O3/c28-19-4-1-5-20(29)25(19)23-14-22(35-39-23)21-13-17(6-10-33-21)16-7-11-36(12-8-16)24(37)15-38-26-18(27(30,31)32)3-2-9-34-26/h1-6,9-10,13,16,23H,7-8,11-12,14-15H2. The van der Waals surface area contributed by atoms with E-state index in [4.69, 9.17) is 32.8 Å². The monoisotopic (exact) mass is 578 g/mol. The van der Waals surface area contributed by atoms with Crippen LogP contribution in [-0.4, -0.2) is 46.2 Å². The summed E-state index contributed by atoms with van der Waals surface area (Å²) in [5, 5.41) is 5.25. The maximum Gasteiger partial charge on any atom is 0.421 e. The van der Waals surface area contributed by atoms with Crippen LogP contribution in [0.1, 0.15) is 53.7 Å². The Bertz CT molecular complexity index is 1370. The summed E-state index contributed by atoms with van der Waals surface area (Å²) in [6, 6.07) is 11.2. The van der Waals surface area contributed by atoms with Gasteiger partial charge in [0.2, 0.25) is 5.88 Å². The van der Waals surface area contributed by atoms with Gasteiger partial charge < -0.3 is 14.5 Å². The van der Waals surface area contributed by atoms with Crippen LogP contribution >= 0.6 is 23.2 Å². The highest BCUT2D eigenvalue weighted by atomic mass is 35.5. The second kappa shape index (κ2) is 11.4. The van der Waals surface area contributed by atoms with Gasteiger partial charge in [0.25, 0.3) is 5.91 Å². The van der Waals surface area contributed by atoms with Crippen LogP contribution in [0.2, 0.25) is 10.0 Å². The molecule has 1 atom stereocenters. The van der Waals surface area contributed by atoms with E-state index >= 15 is 0 Å². The van der Waals surface area contributed by atoms with Gasteiger partial charge in [-0.15, -0.1) is 0 Å². The maximum atomic E-state index is 13.1. The third kappa shape index (κ3) is 6.12. The molecule has 2 aromatic heterocycles. The second-order valence-electron chi connectivity index (χ2n) is 9.24. The van der Waals surface area contributed by atoms with Gasteiger partial charge in [-0.3, -0.25) is 9.78 Å². The summed E-state index contributed by atoms with van der Waals surface area (Å²) < 4.78 is 44.6. The van der Waals surface area contributed by atoms with E-state index in [1.165, 1.54) is 12.3 Å². The molecule has 39 heavy (non-hydrogen) atoms. The lowest BCUT2D eigenvalue weighted by molar-refractivity contribution is -0.141. The van der Waals surface area contributed by atoms with Crippen molar-refractivity contribution < 1.29 is 27.5 Å². The zero-order valence-corrected chi connectivity index (χ0v) is 22.0. The SMILES string of the molecule is O=C(COc1ncccc1C(F)(F)F)N1CCC(c2ccnc(C3=NOC(c4c(Cl)cccc4Cl)C3)c2)CC1. The average Bonchev–Trinajstić information content (AvgIpc) is 3.41. The number of aromatic nitrogens is 2. The lowest BCUT2D eigenvalue weighted by Gasteiger charge is -2.32. The first-order valence-corrected chi connectivity index (χ1v) is 13.0. The zero-order chi connectivity index (χ0) is 27.6. The molecule has 1 unspecified atom stereocenters. The number of benzene rings is 1. The molecule has 1 amide bonds. The Labute approximate surface area is 232 Å². The summed E-state index contributed by atoms with van der Waals surface area (Å²) in [6.45, 7) is 0.395. The molecule has 2 aliphatic rings. The molecule has 1 saturated heterocycles. The topological polar surface area (TPSA) is 76.9 Å². The van der Waals surface area contributed by atoms with E-state index < -0.39 is 30.3 Å². The van der Waals surface area contributed by atoms with E-state index in [0.29, 0.717) is 59.4 Å². The number of oxime groups is 1. The molecule has 0 radical (unpaired) electrons. The quantitative estimate of drug-likeness (QED) is 0.336. The molecule has 204 valence electrons. The maximum absolute atomic E-state index is 13.1. The van der Waals surface area contributed by atoms with Crippen LogP contribution in [0, 0.1) is 0 Å². The number of carbonyl (C=O) groups excluding carboxylic acids is 1. The van der Waals surface area contributed by atoms with Crippen molar-refractivity contribution in [3.8, 4) is 5.88 Å².